The number of rotatable bonds is 9. The summed E-state index contributed by atoms with van der Waals surface area (Å²) in [6.45, 7) is 2.37. The highest BCUT2D eigenvalue weighted by molar-refractivity contribution is 7.99. The molecule has 7 nitrogen and oxygen atoms in total. The summed E-state index contributed by atoms with van der Waals surface area (Å²) in [4.78, 5) is 28.7. The maximum absolute atomic E-state index is 11.4. The molecule has 0 aliphatic rings. The number of hydrogen-bond donors (Lipinski definition) is 1. The first kappa shape index (κ1) is 21.3. The van der Waals surface area contributed by atoms with E-state index in [0.29, 0.717) is 17.5 Å². The summed E-state index contributed by atoms with van der Waals surface area (Å²) in [5.74, 6) is 1.58. The minimum absolute atomic E-state index is 0.0792. The summed E-state index contributed by atoms with van der Waals surface area (Å²) >= 11 is 1.50. The van der Waals surface area contributed by atoms with Gasteiger partial charge in [0, 0.05) is 29.6 Å². The summed E-state index contributed by atoms with van der Waals surface area (Å²) in [6, 6.07) is 15.6. The molecule has 1 aromatic heterocycles. The molecule has 2 aromatic carbocycles. The predicted molar refractivity (Wildman–Crippen MR) is 119 cm³/mol. The van der Waals surface area contributed by atoms with Crippen LogP contribution in [-0.4, -0.2) is 27.3 Å². The van der Waals surface area contributed by atoms with Crippen molar-refractivity contribution in [1.82, 2.24) is 9.97 Å². The lowest BCUT2D eigenvalue weighted by Crippen LogP contribution is -2.08. The first-order chi connectivity index (χ1) is 14.5. The van der Waals surface area contributed by atoms with Gasteiger partial charge in [-0.1, -0.05) is 36.0 Å². The third kappa shape index (κ3) is 6.59. The Kier molecular flexibility index (Phi) is 7.40. The number of hydrogen-bond acceptors (Lipinski definition) is 6. The zero-order valence-electron chi connectivity index (χ0n) is 16.4. The first-order valence-electron chi connectivity index (χ1n) is 9.36. The number of nitro benzene ring substituents is 1. The van der Waals surface area contributed by atoms with Gasteiger partial charge in [-0.15, -0.1) is 0 Å². The quantitative estimate of drug-likeness (QED) is 0.134. The maximum atomic E-state index is 11.4. The Bertz CT molecular complexity index is 1080. The molecule has 1 heterocycles. The Morgan fingerprint density at radius 1 is 1.10 bits per heavy atom. The van der Waals surface area contributed by atoms with Crippen LogP contribution in [0.2, 0.25) is 0 Å². The van der Waals surface area contributed by atoms with Gasteiger partial charge in [0.05, 0.1) is 11.5 Å². The van der Waals surface area contributed by atoms with Gasteiger partial charge >= 0.3 is 0 Å². The van der Waals surface area contributed by atoms with Crippen LogP contribution in [0.5, 0.6) is 5.75 Å². The maximum Gasteiger partial charge on any atom is 0.269 e. The average Bonchev–Trinajstić information content (AvgIpc) is 2.72. The Hall–Kier alpha value is -3.39. The van der Waals surface area contributed by atoms with Crippen LogP contribution in [0.1, 0.15) is 23.2 Å². The summed E-state index contributed by atoms with van der Waals surface area (Å²) in [7, 11) is 0. The van der Waals surface area contributed by atoms with Gasteiger partial charge in [-0.25, -0.2) is 4.98 Å². The smallest absolute Gasteiger partial charge is 0.269 e. The lowest BCUT2D eigenvalue weighted by atomic mass is 10.1. The predicted octanol–water partition coefficient (Wildman–Crippen LogP) is 4.72. The summed E-state index contributed by atoms with van der Waals surface area (Å²) in [6.07, 6.45) is 4.67. The minimum Gasteiger partial charge on any atom is -0.494 e. The number of ether oxygens (including phenoxy) is 1. The van der Waals surface area contributed by atoms with E-state index in [1.54, 1.807) is 19.1 Å². The van der Waals surface area contributed by atoms with Gasteiger partial charge in [-0.2, -0.15) is 0 Å². The van der Waals surface area contributed by atoms with Gasteiger partial charge in [-0.3, -0.25) is 14.9 Å². The van der Waals surface area contributed by atoms with Gasteiger partial charge in [0.25, 0.3) is 11.2 Å². The van der Waals surface area contributed by atoms with Crippen LogP contribution in [0.3, 0.4) is 0 Å². The number of nitro groups is 1. The van der Waals surface area contributed by atoms with Crippen LogP contribution in [0.4, 0.5) is 5.69 Å². The fourth-order valence-electron chi connectivity index (χ4n) is 2.61. The van der Waals surface area contributed by atoms with Gasteiger partial charge < -0.3 is 9.72 Å². The number of thioether (sulfide) groups is 1. The monoisotopic (exact) mass is 423 g/mol. The molecule has 0 saturated heterocycles. The van der Waals surface area contributed by atoms with Crippen molar-refractivity contribution in [3.8, 4) is 5.75 Å². The normalized spacial score (nSPS) is 11.0. The number of H-pyrrole nitrogens is 1. The number of non-ortho nitro benzene ring substituents is 1. The second-order valence-corrected chi connectivity index (χ2v) is 7.58. The Labute approximate surface area is 178 Å². The number of aromatic nitrogens is 2. The van der Waals surface area contributed by atoms with E-state index < -0.39 is 4.92 Å². The second kappa shape index (κ2) is 10.4. The molecule has 0 bridgehead atoms. The molecule has 1 N–H and O–H groups in total. The van der Waals surface area contributed by atoms with Crippen LogP contribution in [0.25, 0.3) is 12.2 Å². The minimum atomic E-state index is -0.412. The molecule has 0 fully saturated rings. The van der Waals surface area contributed by atoms with Crippen LogP contribution in [-0.2, 0) is 0 Å². The molecule has 3 rings (SSSR count). The molecule has 154 valence electrons. The lowest BCUT2D eigenvalue weighted by molar-refractivity contribution is -0.384. The van der Waals surface area contributed by atoms with E-state index in [9.17, 15) is 14.9 Å². The summed E-state index contributed by atoms with van der Waals surface area (Å²) < 4.78 is 5.75. The molecule has 0 atom stereocenters. The lowest BCUT2D eigenvalue weighted by Gasteiger charge is -2.06. The van der Waals surface area contributed by atoms with Crippen molar-refractivity contribution in [3.05, 3.63) is 91.9 Å². The molecule has 3 aromatic rings. The van der Waals surface area contributed by atoms with E-state index in [0.717, 1.165) is 29.1 Å². The number of benzene rings is 2. The van der Waals surface area contributed by atoms with Gasteiger partial charge in [0.2, 0.25) is 0 Å². The summed E-state index contributed by atoms with van der Waals surface area (Å²) in [5.41, 5.74) is 2.55. The number of nitrogens with zero attached hydrogens (tertiary/aromatic N) is 2. The van der Waals surface area contributed by atoms with Crippen LogP contribution < -0.4 is 10.3 Å². The fourth-order valence-corrected chi connectivity index (χ4v) is 3.45. The molecule has 0 aliphatic heterocycles. The van der Waals surface area contributed by atoms with E-state index in [1.165, 1.54) is 30.0 Å². The number of aromatic amines is 1. The molecular weight excluding hydrogens is 402 g/mol. The van der Waals surface area contributed by atoms with E-state index in [-0.39, 0.29) is 11.2 Å². The third-order valence-corrected chi connectivity index (χ3v) is 5.06. The van der Waals surface area contributed by atoms with Crippen molar-refractivity contribution in [2.75, 3.05) is 12.4 Å². The highest BCUT2D eigenvalue weighted by Crippen LogP contribution is 2.17. The van der Waals surface area contributed by atoms with Gasteiger partial charge in [0.15, 0.2) is 5.16 Å². The largest absolute Gasteiger partial charge is 0.494 e. The molecule has 0 saturated carbocycles. The Morgan fingerprint density at radius 3 is 2.33 bits per heavy atom. The fraction of sp³-hybridized carbons (Fsp3) is 0.182. The van der Waals surface area contributed by atoms with Crippen molar-refractivity contribution >= 4 is 29.6 Å². The van der Waals surface area contributed by atoms with Gasteiger partial charge in [-0.05, 0) is 48.7 Å². The molecule has 0 amide bonds. The summed E-state index contributed by atoms with van der Waals surface area (Å²) in [5, 5.41) is 11.3. The van der Waals surface area contributed by atoms with Crippen LogP contribution in [0, 0.1) is 17.0 Å². The molecule has 0 spiro atoms. The number of aryl methyl sites for hydroxylation is 1. The topological polar surface area (TPSA) is 98.1 Å². The zero-order valence-corrected chi connectivity index (χ0v) is 17.2. The van der Waals surface area contributed by atoms with Crippen LogP contribution in [0.15, 0.2) is 64.5 Å². The SMILES string of the molecule is Cc1cc(=O)[nH]c(SCCCOc2ccc(/C=C/c3ccc([N+](=O)[O-])cc3)cc2)n1. The van der Waals surface area contributed by atoms with Crippen molar-refractivity contribution in [3.63, 3.8) is 0 Å². The molecule has 8 heteroatoms. The zero-order chi connectivity index (χ0) is 21.3. The van der Waals surface area contributed by atoms with Crippen LogP contribution >= 0.6 is 11.8 Å². The highest BCUT2D eigenvalue weighted by Gasteiger charge is 2.02. The molecule has 30 heavy (non-hydrogen) atoms. The highest BCUT2D eigenvalue weighted by atomic mass is 32.2. The van der Waals surface area contributed by atoms with Crippen molar-refractivity contribution < 1.29 is 9.66 Å². The van der Waals surface area contributed by atoms with E-state index in [4.69, 9.17) is 4.74 Å². The average molecular weight is 423 g/mol. The van der Waals surface area contributed by atoms with E-state index in [1.807, 2.05) is 36.4 Å². The van der Waals surface area contributed by atoms with Crippen molar-refractivity contribution in [1.29, 1.82) is 0 Å². The van der Waals surface area contributed by atoms with E-state index >= 15 is 0 Å². The molecule has 0 radical (unpaired) electrons. The first-order valence-corrected chi connectivity index (χ1v) is 10.3. The molecular formula is C22H21N3O4S. The van der Waals surface area contributed by atoms with E-state index in [2.05, 4.69) is 9.97 Å². The second-order valence-electron chi connectivity index (χ2n) is 6.49. The molecule has 0 unspecified atom stereocenters. The Morgan fingerprint density at radius 2 is 1.73 bits per heavy atom. The number of nitrogens with one attached hydrogen (secondary N) is 1. The van der Waals surface area contributed by atoms with Crippen molar-refractivity contribution in [2.24, 2.45) is 0 Å². The van der Waals surface area contributed by atoms with Gasteiger partial charge in [0.1, 0.15) is 5.75 Å². The Balaban J connectivity index is 1.43. The standard InChI is InChI=1S/C22H21N3O4S/c1-16-15-21(26)24-22(23-16)30-14-2-13-29-20-11-7-18(8-12-20)4-3-17-5-9-19(10-6-17)25(27)28/h3-12,15H,2,13-14H2,1H3,(H,23,24,26)/b4-3+. The third-order valence-electron chi connectivity index (χ3n) is 4.10. The van der Waals surface area contributed by atoms with Crippen molar-refractivity contribution in [2.45, 2.75) is 18.5 Å². The molecule has 0 aliphatic carbocycles.